The molecule has 3 heteroatoms. The number of H-pyrrole nitrogens is 1. The second-order valence-electron chi connectivity index (χ2n) is 3.08. The van der Waals surface area contributed by atoms with Crippen molar-refractivity contribution in [2.45, 2.75) is 19.9 Å². The molecule has 0 aliphatic rings. The lowest BCUT2D eigenvalue weighted by Crippen LogP contribution is -2.25. The molecule has 1 aromatic rings. The fourth-order valence-corrected chi connectivity index (χ4v) is 1.20. The van der Waals surface area contributed by atoms with Crippen LogP contribution in [0.4, 0.5) is 0 Å². The standard InChI is InChI=1S/C9H17N3/c1-7-5-9(6-12-7)8(2)11-4-3-10/h5-6,8,11-12H,3-4,10H2,1-2H3. The molecule has 3 nitrogen and oxygen atoms in total. The first kappa shape index (κ1) is 9.29. The zero-order chi connectivity index (χ0) is 8.97. The van der Waals surface area contributed by atoms with Crippen LogP contribution in [-0.4, -0.2) is 18.1 Å². The van der Waals surface area contributed by atoms with Crippen molar-refractivity contribution in [3.63, 3.8) is 0 Å². The van der Waals surface area contributed by atoms with Crippen LogP contribution in [0, 0.1) is 6.92 Å². The van der Waals surface area contributed by atoms with Gasteiger partial charge < -0.3 is 16.0 Å². The summed E-state index contributed by atoms with van der Waals surface area (Å²) in [4.78, 5) is 3.15. The Kier molecular flexibility index (Phi) is 3.31. The monoisotopic (exact) mass is 167 g/mol. The number of aryl methyl sites for hydroxylation is 1. The number of aromatic amines is 1. The maximum Gasteiger partial charge on any atom is 0.0307 e. The van der Waals surface area contributed by atoms with Crippen LogP contribution in [0.3, 0.4) is 0 Å². The van der Waals surface area contributed by atoms with Crippen LogP contribution in [0.1, 0.15) is 24.2 Å². The second kappa shape index (κ2) is 4.28. The molecule has 1 atom stereocenters. The van der Waals surface area contributed by atoms with Crippen molar-refractivity contribution < 1.29 is 0 Å². The maximum absolute atomic E-state index is 5.39. The van der Waals surface area contributed by atoms with Crippen molar-refractivity contribution >= 4 is 0 Å². The largest absolute Gasteiger partial charge is 0.365 e. The molecule has 4 N–H and O–H groups in total. The molecule has 0 saturated carbocycles. The Labute approximate surface area is 73.4 Å². The van der Waals surface area contributed by atoms with Gasteiger partial charge in [-0.15, -0.1) is 0 Å². The van der Waals surface area contributed by atoms with Gasteiger partial charge in [0.2, 0.25) is 0 Å². The molecular formula is C9H17N3. The van der Waals surface area contributed by atoms with Crippen LogP contribution >= 0.6 is 0 Å². The lowest BCUT2D eigenvalue weighted by Gasteiger charge is -2.10. The molecule has 0 fully saturated rings. The van der Waals surface area contributed by atoms with Crippen molar-refractivity contribution in [2.24, 2.45) is 5.73 Å². The predicted molar refractivity (Wildman–Crippen MR) is 51.0 cm³/mol. The van der Waals surface area contributed by atoms with E-state index in [2.05, 4.69) is 30.2 Å². The smallest absolute Gasteiger partial charge is 0.0307 e. The normalized spacial score (nSPS) is 13.2. The van der Waals surface area contributed by atoms with Crippen molar-refractivity contribution in [1.82, 2.24) is 10.3 Å². The third-order valence-corrected chi connectivity index (χ3v) is 1.94. The number of nitrogens with two attached hydrogens (primary N) is 1. The highest BCUT2D eigenvalue weighted by Crippen LogP contribution is 2.12. The molecule has 12 heavy (non-hydrogen) atoms. The molecule has 0 radical (unpaired) electrons. The Bertz CT molecular complexity index is 229. The maximum atomic E-state index is 5.39. The SMILES string of the molecule is Cc1cc(C(C)NCCN)c[nH]1. The highest BCUT2D eigenvalue weighted by molar-refractivity contribution is 5.18. The van der Waals surface area contributed by atoms with E-state index in [0.717, 1.165) is 6.54 Å². The Morgan fingerprint density at radius 3 is 2.92 bits per heavy atom. The fourth-order valence-electron chi connectivity index (χ4n) is 1.20. The van der Waals surface area contributed by atoms with Crippen LogP contribution in [0.2, 0.25) is 0 Å². The topological polar surface area (TPSA) is 53.8 Å². The van der Waals surface area contributed by atoms with Gasteiger partial charge in [0.25, 0.3) is 0 Å². The Balaban J connectivity index is 2.47. The minimum atomic E-state index is 0.387. The molecule has 0 aliphatic heterocycles. The number of hydrogen-bond donors (Lipinski definition) is 3. The van der Waals surface area contributed by atoms with E-state index in [1.165, 1.54) is 11.3 Å². The average Bonchev–Trinajstić information content (AvgIpc) is 2.47. The minimum Gasteiger partial charge on any atom is -0.365 e. The highest BCUT2D eigenvalue weighted by atomic mass is 14.9. The van der Waals surface area contributed by atoms with Crippen LogP contribution in [0.15, 0.2) is 12.3 Å². The lowest BCUT2D eigenvalue weighted by atomic mass is 10.2. The van der Waals surface area contributed by atoms with E-state index in [-0.39, 0.29) is 0 Å². The molecule has 1 heterocycles. The van der Waals surface area contributed by atoms with Crippen LogP contribution in [-0.2, 0) is 0 Å². The molecule has 0 spiro atoms. The Hall–Kier alpha value is -0.800. The summed E-state index contributed by atoms with van der Waals surface area (Å²) in [5.74, 6) is 0. The molecule has 68 valence electrons. The Morgan fingerprint density at radius 1 is 1.67 bits per heavy atom. The summed E-state index contributed by atoms with van der Waals surface area (Å²) in [6.45, 7) is 5.75. The predicted octanol–water partition coefficient (Wildman–Crippen LogP) is 0.932. The summed E-state index contributed by atoms with van der Waals surface area (Å²) >= 11 is 0. The van der Waals surface area contributed by atoms with E-state index in [9.17, 15) is 0 Å². The number of hydrogen-bond acceptors (Lipinski definition) is 2. The lowest BCUT2D eigenvalue weighted by molar-refractivity contribution is 0.583. The third-order valence-electron chi connectivity index (χ3n) is 1.94. The molecule has 0 amide bonds. The molecule has 1 aromatic heterocycles. The summed E-state index contributed by atoms with van der Waals surface area (Å²) < 4.78 is 0. The van der Waals surface area contributed by atoms with Gasteiger partial charge in [0.1, 0.15) is 0 Å². The van der Waals surface area contributed by atoms with Gasteiger partial charge in [0.15, 0.2) is 0 Å². The van der Waals surface area contributed by atoms with E-state index in [1.54, 1.807) is 0 Å². The van der Waals surface area contributed by atoms with E-state index in [0.29, 0.717) is 12.6 Å². The molecule has 0 bridgehead atoms. The van der Waals surface area contributed by atoms with Gasteiger partial charge in [0.05, 0.1) is 0 Å². The summed E-state index contributed by atoms with van der Waals surface area (Å²) in [7, 11) is 0. The fraction of sp³-hybridized carbons (Fsp3) is 0.556. The quantitative estimate of drug-likeness (QED) is 0.625. The molecule has 0 aromatic carbocycles. The molecular weight excluding hydrogens is 150 g/mol. The first-order valence-corrected chi connectivity index (χ1v) is 4.32. The van der Waals surface area contributed by atoms with Crippen LogP contribution in [0.5, 0.6) is 0 Å². The second-order valence-corrected chi connectivity index (χ2v) is 3.08. The van der Waals surface area contributed by atoms with Crippen molar-refractivity contribution in [1.29, 1.82) is 0 Å². The zero-order valence-electron chi connectivity index (χ0n) is 7.72. The number of rotatable bonds is 4. The number of nitrogens with one attached hydrogen (secondary N) is 2. The average molecular weight is 167 g/mol. The molecule has 0 saturated heterocycles. The van der Waals surface area contributed by atoms with Crippen LogP contribution < -0.4 is 11.1 Å². The third kappa shape index (κ3) is 2.36. The number of aromatic nitrogens is 1. The van der Waals surface area contributed by atoms with Crippen molar-refractivity contribution in [2.75, 3.05) is 13.1 Å². The molecule has 0 aliphatic carbocycles. The van der Waals surface area contributed by atoms with Gasteiger partial charge in [-0.3, -0.25) is 0 Å². The van der Waals surface area contributed by atoms with Gasteiger partial charge in [0, 0.05) is 31.0 Å². The summed E-state index contributed by atoms with van der Waals surface area (Å²) in [6.07, 6.45) is 2.03. The van der Waals surface area contributed by atoms with Gasteiger partial charge >= 0.3 is 0 Å². The summed E-state index contributed by atoms with van der Waals surface area (Å²) in [5.41, 5.74) is 7.88. The van der Waals surface area contributed by atoms with Gasteiger partial charge in [-0.2, -0.15) is 0 Å². The van der Waals surface area contributed by atoms with Gasteiger partial charge in [-0.05, 0) is 25.5 Å². The van der Waals surface area contributed by atoms with Gasteiger partial charge in [-0.1, -0.05) is 0 Å². The summed E-state index contributed by atoms with van der Waals surface area (Å²) in [5, 5.41) is 3.32. The van der Waals surface area contributed by atoms with Crippen molar-refractivity contribution in [3.05, 3.63) is 23.5 Å². The van der Waals surface area contributed by atoms with E-state index in [4.69, 9.17) is 5.73 Å². The first-order chi connectivity index (χ1) is 5.74. The molecule has 1 rings (SSSR count). The highest BCUT2D eigenvalue weighted by Gasteiger charge is 2.04. The molecule has 1 unspecified atom stereocenters. The minimum absolute atomic E-state index is 0.387. The summed E-state index contributed by atoms with van der Waals surface area (Å²) in [6, 6.07) is 2.53. The van der Waals surface area contributed by atoms with Crippen molar-refractivity contribution in [3.8, 4) is 0 Å². The van der Waals surface area contributed by atoms with E-state index >= 15 is 0 Å². The Morgan fingerprint density at radius 2 is 2.42 bits per heavy atom. The van der Waals surface area contributed by atoms with Gasteiger partial charge in [-0.25, -0.2) is 0 Å². The van der Waals surface area contributed by atoms with E-state index < -0.39 is 0 Å². The van der Waals surface area contributed by atoms with Crippen LogP contribution in [0.25, 0.3) is 0 Å². The first-order valence-electron chi connectivity index (χ1n) is 4.32. The van der Waals surface area contributed by atoms with E-state index in [1.807, 2.05) is 6.20 Å². The zero-order valence-corrected chi connectivity index (χ0v) is 7.72.